The molecule has 0 bridgehead atoms. The van der Waals surface area contributed by atoms with Gasteiger partial charge < -0.3 is 10.8 Å². The lowest BCUT2D eigenvalue weighted by molar-refractivity contribution is 0.472. The molecule has 9 heavy (non-hydrogen) atoms. The number of rotatable bonds is 0. The van der Waals surface area contributed by atoms with Gasteiger partial charge in [0.2, 0.25) is 0 Å². The maximum absolute atomic E-state index is 8.68. The summed E-state index contributed by atoms with van der Waals surface area (Å²) in [6.45, 7) is 0. The fourth-order valence-corrected chi connectivity index (χ4v) is 0.542. The van der Waals surface area contributed by atoms with Crippen LogP contribution in [0.1, 0.15) is 0 Å². The lowest BCUT2D eigenvalue weighted by atomic mass is 10.4. The third-order valence-electron chi connectivity index (χ3n) is 0.789. The van der Waals surface area contributed by atoms with Gasteiger partial charge in [-0.25, -0.2) is 4.98 Å². The van der Waals surface area contributed by atoms with Gasteiger partial charge in [0, 0.05) is 0 Å². The third kappa shape index (κ3) is 1.23. The van der Waals surface area contributed by atoms with Crippen LogP contribution in [0.25, 0.3) is 0 Å². The van der Waals surface area contributed by atoms with Crippen molar-refractivity contribution >= 4 is 17.4 Å². The zero-order chi connectivity index (χ0) is 6.85. The van der Waals surface area contributed by atoms with Gasteiger partial charge in [0.15, 0.2) is 0 Å². The van der Waals surface area contributed by atoms with Crippen LogP contribution in [0.3, 0.4) is 0 Å². The molecule has 0 aliphatic rings. The Bertz CT molecular complexity index is 226. The van der Waals surface area contributed by atoms with Gasteiger partial charge in [-0.2, -0.15) is 0 Å². The summed E-state index contributed by atoms with van der Waals surface area (Å²) in [5, 5.41) is 8.83. The first kappa shape index (κ1) is 6.16. The summed E-state index contributed by atoms with van der Waals surface area (Å²) in [6, 6.07) is 2.37. The molecule has 0 spiro atoms. The molecule has 0 unspecified atom stereocenters. The summed E-state index contributed by atoms with van der Waals surface area (Å²) in [6.07, 6.45) is 1.18. The van der Waals surface area contributed by atoms with E-state index >= 15 is 0 Å². The Morgan fingerprint density at radius 1 is 1.78 bits per heavy atom. The van der Waals surface area contributed by atoms with Crippen LogP contribution in [0.15, 0.2) is 6.20 Å². The number of hydrogen-bond donors (Lipinski definition) is 2. The van der Waals surface area contributed by atoms with E-state index in [2.05, 4.69) is 11.1 Å². The maximum atomic E-state index is 8.68. The van der Waals surface area contributed by atoms with Crippen molar-refractivity contribution in [2.75, 3.05) is 5.73 Å². The predicted molar refractivity (Wildman–Crippen MR) is 34.2 cm³/mol. The zero-order valence-corrected chi connectivity index (χ0v) is 5.18. The molecule has 0 atom stereocenters. The van der Waals surface area contributed by atoms with Crippen molar-refractivity contribution in [1.29, 1.82) is 0 Å². The van der Waals surface area contributed by atoms with E-state index in [0.29, 0.717) is 0 Å². The molecule has 0 saturated heterocycles. The molecule has 47 valence electrons. The normalized spacial score (nSPS) is 9.44. The summed E-state index contributed by atoms with van der Waals surface area (Å²) >= 11 is 5.41. The molecule has 4 heteroatoms. The maximum Gasteiger partial charge on any atom is 0.143 e. The molecule has 0 aliphatic heterocycles. The van der Waals surface area contributed by atoms with E-state index in [-0.39, 0.29) is 16.6 Å². The molecule has 1 aromatic rings. The Kier molecular flexibility index (Phi) is 1.44. The van der Waals surface area contributed by atoms with E-state index in [0.717, 1.165) is 0 Å². The van der Waals surface area contributed by atoms with E-state index in [9.17, 15) is 0 Å². The first-order valence-electron chi connectivity index (χ1n) is 2.22. The molecular weight excluding hydrogens is 140 g/mol. The monoisotopic (exact) mass is 143 g/mol. The SMILES string of the molecule is Nc1ncc(O)[c]c1Cl. The third-order valence-corrected chi connectivity index (χ3v) is 1.08. The topological polar surface area (TPSA) is 59.1 Å². The lowest BCUT2D eigenvalue weighted by Crippen LogP contribution is -1.89. The molecule has 1 heterocycles. The van der Waals surface area contributed by atoms with Crippen LogP contribution in [-0.4, -0.2) is 10.1 Å². The predicted octanol–water partition coefficient (Wildman–Crippen LogP) is 0.823. The van der Waals surface area contributed by atoms with Crippen LogP contribution in [0, 0.1) is 6.07 Å². The van der Waals surface area contributed by atoms with Gasteiger partial charge in [-0.3, -0.25) is 0 Å². The fourth-order valence-electron chi connectivity index (χ4n) is 0.396. The van der Waals surface area contributed by atoms with Gasteiger partial charge in [-0.1, -0.05) is 11.6 Å². The van der Waals surface area contributed by atoms with Gasteiger partial charge in [0.25, 0.3) is 0 Å². The number of pyridine rings is 1. The van der Waals surface area contributed by atoms with Gasteiger partial charge in [0.1, 0.15) is 11.6 Å². The van der Waals surface area contributed by atoms with Gasteiger partial charge >= 0.3 is 0 Å². The molecule has 1 aromatic heterocycles. The van der Waals surface area contributed by atoms with Crippen molar-refractivity contribution in [1.82, 2.24) is 4.98 Å². The fraction of sp³-hybridized carbons (Fsp3) is 0. The molecule has 3 N–H and O–H groups in total. The number of aromatic nitrogens is 1. The summed E-state index contributed by atoms with van der Waals surface area (Å²) in [5.41, 5.74) is 5.20. The number of hydrogen-bond acceptors (Lipinski definition) is 3. The van der Waals surface area contributed by atoms with E-state index in [1.807, 2.05) is 0 Å². The van der Waals surface area contributed by atoms with Crippen molar-refractivity contribution in [3.05, 3.63) is 17.3 Å². The van der Waals surface area contributed by atoms with Crippen LogP contribution in [0.4, 0.5) is 5.82 Å². The highest BCUT2D eigenvalue weighted by Crippen LogP contribution is 2.18. The van der Waals surface area contributed by atoms with Crippen molar-refractivity contribution in [2.45, 2.75) is 0 Å². The highest BCUT2D eigenvalue weighted by Gasteiger charge is 1.96. The molecule has 0 saturated carbocycles. The second-order valence-corrected chi connectivity index (χ2v) is 1.85. The molecule has 0 amide bonds. The standard InChI is InChI=1S/C5H4ClN2O/c6-4-1-3(9)2-8-5(4)7/h2,9H,(H2,7,8). The number of nitrogens with zero attached hydrogens (tertiary/aromatic N) is 1. The highest BCUT2D eigenvalue weighted by molar-refractivity contribution is 6.32. The quantitative estimate of drug-likeness (QED) is 0.566. The van der Waals surface area contributed by atoms with Crippen LogP contribution in [0.5, 0.6) is 5.75 Å². The van der Waals surface area contributed by atoms with Crippen molar-refractivity contribution < 1.29 is 5.11 Å². The first-order chi connectivity index (χ1) is 4.20. The smallest absolute Gasteiger partial charge is 0.143 e. The Morgan fingerprint density at radius 2 is 2.44 bits per heavy atom. The molecule has 0 aliphatic carbocycles. The van der Waals surface area contributed by atoms with Crippen molar-refractivity contribution in [3.63, 3.8) is 0 Å². The molecule has 0 fully saturated rings. The number of nitrogens with two attached hydrogens (primary N) is 1. The molecule has 3 nitrogen and oxygen atoms in total. The average molecular weight is 144 g/mol. The minimum Gasteiger partial charge on any atom is -0.506 e. The summed E-state index contributed by atoms with van der Waals surface area (Å²) in [5.74, 6) is 0.0728. The number of nitrogen functional groups attached to an aromatic ring is 1. The van der Waals surface area contributed by atoms with Crippen LogP contribution in [-0.2, 0) is 0 Å². The summed E-state index contributed by atoms with van der Waals surface area (Å²) in [7, 11) is 0. The average Bonchev–Trinajstić information content (AvgIpc) is 1.80. The lowest BCUT2D eigenvalue weighted by Gasteiger charge is -1.93. The second-order valence-electron chi connectivity index (χ2n) is 1.47. The molecular formula is C5H4ClN2O. The van der Waals surface area contributed by atoms with Gasteiger partial charge in [-0.15, -0.1) is 0 Å². The highest BCUT2D eigenvalue weighted by atomic mass is 35.5. The van der Waals surface area contributed by atoms with Crippen LogP contribution in [0.2, 0.25) is 5.02 Å². The molecule has 0 aromatic carbocycles. The summed E-state index contributed by atoms with van der Waals surface area (Å²) < 4.78 is 0. The van der Waals surface area contributed by atoms with Crippen LogP contribution < -0.4 is 5.73 Å². The Hall–Kier alpha value is -0.960. The second kappa shape index (κ2) is 2.11. The van der Waals surface area contributed by atoms with E-state index < -0.39 is 0 Å². The minimum absolute atomic E-state index is 0.103. The largest absolute Gasteiger partial charge is 0.506 e. The van der Waals surface area contributed by atoms with Crippen molar-refractivity contribution in [2.24, 2.45) is 0 Å². The molecule has 1 rings (SSSR count). The van der Waals surface area contributed by atoms with E-state index in [1.54, 1.807) is 0 Å². The van der Waals surface area contributed by atoms with Crippen molar-refractivity contribution in [3.8, 4) is 5.75 Å². The minimum atomic E-state index is -0.103. The number of anilines is 1. The Labute approximate surface area is 57.1 Å². The number of aromatic hydroxyl groups is 1. The van der Waals surface area contributed by atoms with Gasteiger partial charge in [-0.05, 0) is 0 Å². The van der Waals surface area contributed by atoms with Crippen LogP contribution >= 0.6 is 11.6 Å². The first-order valence-corrected chi connectivity index (χ1v) is 2.60. The zero-order valence-electron chi connectivity index (χ0n) is 4.43. The Morgan fingerprint density at radius 3 is 2.89 bits per heavy atom. The summed E-state index contributed by atoms with van der Waals surface area (Å²) in [4.78, 5) is 3.54. The van der Waals surface area contributed by atoms with E-state index in [4.69, 9.17) is 22.4 Å². The number of halogens is 1. The van der Waals surface area contributed by atoms with E-state index in [1.165, 1.54) is 6.20 Å². The van der Waals surface area contributed by atoms with Gasteiger partial charge in [0.05, 0.1) is 17.3 Å². The molecule has 1 radical (unpaired) electrons. The Balaban J connectivity index is 3.17.